The van der Waals surface area contributed by atoms with Crippen molar-refractivity contribution in [2.75, 3.05) is 37.7 Å². The third-order valence-corrected chi connectivity index (χ3v) is 4.94. The molecular formula is C18H23F3N4O2. The summed E-state index contributed by atoms with van der Waals surface area (Å²) in [6.45, 7) is 4.35. The molecule has 2 fully saturated rings. The Balaban J connectivity index is 1.57. The van der Waals surface area contributed by atoms with Crippen molar-refractivity contribution in [3.8, 4) is 0 Å². The predicted molar refractivity (Wildman–Crippen MR) is 94.2 cm³/mol. The van der Waals surface area contributed by atoms with Crippen LogP contribution in [-0.2, 0) is 11.0 Å². The highest BCUT2D eigenvalue weighted by Gasteiger charge is 2.38. The number of hydrogen-bond donors (Lipinski definition) is 1. The quantitative estimate of drug-likeness (QED) is 0.793. The highest BCUT2D eigenvalue weighted by atomic mass is 19.4. The van der Waals surface area contributed by atoms with E-state index in [1.807, 2.05) is 16.7 Å². The summed E-state index contributed by atoms with van der Waals surface area (Å²) in [5.41, 5.74) is -0.133. The van der Waals surface area contributed by atoms with E-state index in [4.69, 9.17) is 0 Å². The first-order valence-corrected chi connectivity index (χ1v) is 9.06. The zero-order valence-electron chi connectivity index (χ0n) is 15.1. The summed E-state index contributed by atoms with van der Waals surface area (Å²) in [6.07, 6.45) is -2.94. The first-order valence-electron chi connectivity index (χ1n) is 9.06. The number of urea groups is 1. The van der Waals surface area contributed by atoms with Gasteiger partial charge in [-0.1, -0.05) is 19.4 Å². The van der Waals surface area contributed by atoms with Crippen LogP contribution in [0.5, 0.6) is 0 Å². The smallest absolute Gasteiger partial charge is 0.369 e. The Hall–Kier alpha value is -2.29. The van der Waals surface area contributed by atoms with Gasteiger partial charge in [-0.15, -0.1) is 0 Å². The molecule has 27 heavy (non-hydrogen) atoms. The van der Waals surface area contributed by atoms with E-state index < -0.39 is 17.8 Å². The summed E-state index contributed by atoms with van der Waals surface area (Å²) >= 11 is 0. The zero-order valence-corrected chi connectivity index (χ0v) is 15.1. The van der Waals surface area contributed by atoms with Crippen LogP contribution in [0, 0.1) is 0 Å². The molecule has 6 nitrogen and oxygen atoms in total. The van der Waals surface area contributed by atoms with Crippen molar-refractivity contribution in [1.29, 1.82) is 0 Å². The van der Waals surface area contributed by atoms with E-state index in [-0.39, 0.29) is 18.6 Å². The molecule has 3 amide bonds. The summed E-state index contributed by atoms with van der Waals surface area (Å²) < 4.78 is 38.6. The zero-order chi connectivity index (χ0) is 19.6. The number of benzene rings is 1. The number of anilines is 1. The summed E-state index contributed by atoms with van der Waals surface area (Å²) in [5, 5.41) is 2.69. The molecule has 0 aromatic heterocycles. The summed E-state index contributed by atoms with van der Waals surface area (Å²) in [6, 6.07) is 4.46. The molecule has 0 spiro atoms. The fourth-order valence-corrected chi connectivity index (χ4v) is 3.42. The normalized spacial score (nSPS) is 21.7. The van der Waals surface area contributed by atoms with Gasteiger partial charge in [-0.25, -0.2) is 9.69 Å². The second kappa shape index (κ2) is 7.75. The number of alkyl halides is 3. The monoisotopic (exact) mass is 384 g/mol. The minimum Gasteiger partial charge on any atom is -0.369 e. The lowest BCUT2D eigenvalue weighted by Gasteiger charge is -2.37. The number of piperazine rings is 1. The molecule has 9 heteroatoms. The van der Waals surface area contributed by atoms with Gasteiger partial charge < -0.3 is 10.2 Å². The molecule has 1 aromatic rings. The number of amides is 3. The van der Waals surface area contributed by atoms with Crippen molar-refractivity contribution in [1.82, 2.24) is 15.1 Å². The van der Waals surface area contributed by atoms with Crippen molar-refractivity contribution in [2.24, 2.45) is 0 Å². The molecule has 0 bridgehead atoms. The highest BCUT2D eigenvalue weighted by molar-refractivity contribution is 6.04. The number of rotatable bonds is 5. The minimum absolute atomic E-state index is 0.206. The Kier molecular flexibility index (Phi) is 5.59. The molecule has 3 rings (SSSR count). The van der Waals surface area contributed by atoms with Crippen LogP contribution in [-0.4, -0.2) is 60.6 Å². The van der Waals surface area contributed by atoms with Gasteiger partial charge in [-0.05, 0) is 24.6 Å². The molecule has 2 aliphatic heterocycles. The first-order chi connectivity index (χ1) is 12.8. The fraction of sp³-hybridized carbons (Fsp3) is 0.556. The summed E-state index contributed by atoms with van der Waals surface area (Å²) in [4.78, 5) is 29.4. The molecule has 2 heterocycles. The number of nitrogens with one attached hydrogen (secondary N) is 1. The number of halogens is 3. The van der Waals surface area contributed by atoms with Gasteiger partial charge in [0.15, 0.2) is 0 Å². The topological polar surface area (TPSA) is 55.9 Å². The molecule has 148 valence electrons. The van der Waals surface area contributed by atoms with Crippen LogP contribution >= 0.6 is 0 Å². The average Bonchev–Trinajstić information content (AvgIpc) is 2.90. The van der Waals surface area contributed by atoms with Crippen LogP contribution < -0.4 is 10.2 Å². The van der Waals surface area contributed by atoms with E-state index in [1.54, 1.807) is 6.07 Å². The van der Waals surface area contributed by atoms with Gasteiger partial charge in [0.25, 0.3) is 5.91 Å². The molecule has 2 saturated heterocycles. The molecule has 0 saturated carbocycles. The van der Waals surface area contributed by atoms with E-state index >= 15 is 0 Å². The summed E-state index contributed by atoms with van der Waals surface area (Å²) in [7, 11) is 0. The molecule has 2 aliphatic rings. The van der Waals surface area contributed by atoms with E-state index in [1.165, 1.54) is 11.0 Å². The Morgan fingerprint density at radius 2 is 1.85 bits per heavy atom. The van der Waals surface area contributed by atoms with E-state index in [2.05, 4.69) is 5.32 Å². The average molecular weight is 384 g/mol. The van der Waals surface area contributed by atoms with Crippen molar-refractivity contribution < 1.29 is 22.8 Å². The van der Waals surface area contributed by atoms with Crippen molar-refractivity contribution in [3.05, 3.63) is 29.8 Å². The number of nitrogens with zero attached hydrogens (tertiary/aromatic N) is 3. The molecule has 1 N–H and O–H groups in total. The SMILES string of the molecule is CCCC1NC(=O)N(CN2CCN(c3cccc(C(F)(F)F)c3)CC2)C1=O. The number of carbonyl (C=O) groups is 2. The van der Waals surface area contributed by atoms with Crippen LogP contribution in [0.4, 0.5) is 23.7 Å². The molecule has 1 unspecified atom stereocenters. The number of imide groups is 1. The molecule has 1 atom stereocenters. The minimum atomic E-state index is -4.36. The second-order valence-corrected chi connectivity index (χ2v) is 6.85. The lowest BCUT2D eigenvalue weighted by atomic mass is 10.1. The van der Waals surface area contributed by atoms with Gasteiger partial charge >= 0.3 is 12.2 Å². The van der Waals surface area contributed by atoms with E-state index in [0.717, 1.165) is 18.6 Å². The van der Waals surface area contributed by atoms with E-state index in [9.17, 15) is 22.8 Å². The lowest BCUT2D eigenvalue weighted by Crippen LogP contribution is -2.51. The molecule has 1 aromatic carbocycles. The van der Waals surface area contributed by atoms with Crippen LogP contribution in [0.15, 0.2) is 24.3 Å². The van der Waals surface area contributed by atoms with Crippen LogP contribution in [0.25, 0.3) is 0 Å². The Labute approximate surface area is 155 Å². The van der Waals surface area contributed by atoms with Gasteiger partial charge in [-0.2, -0.15) is 13.2 Å². The van der Waals surface area contributed by atoms with Gasteiger partial charge in [0.1, 0.15) is 6.04 Å². The maximum atomic E-state index is 12.9. The maximum Gasteiger partial charge on any atom is 0.416 e. The molecular weight excluding hydrogens is 361 g/mol. The Bertz CT molecular complexity index is 702. The van der Waals surface area contributed by atoms with Gasteiger partial charge in [0, 0.05) is 31.9 Å². The highest BCUT2D eigenvalue weighted by Crippen LogP contribution is 2.31. The second-order valence-electron chi connectivity index (χ2n) is 6.85. The Morgan fingerprint density at radius 1 is 1.15 bits per heavy atom. The van der Waals surface area contributed by atoms with Crippen LogP contribution in [0.3, 0.4) is 0 Å². The first kappa shape index (κ1) is 19.5. The van der Waals surface area contributed by atoms with Crippen molar-refractivity contribution >= 4 is 17.6 Å². The lowest BCUT2D eigenvalue weighted by molar-refractivity contribution is -0.137. The van der Waals surface area contributed by atoms with Gasteiger partial charge in [0.2, 0.25) is 0 Å². The van der Waals surface area contributed by atoms with E-state index in [0.29, 0.717) is 38.3 Å². The standard InChI is InChI=1S/C18H23F3N4O2/c1-2-4-15-16(26)25(17(27)22-15)12-23-7-9-24(10-8-23)14-6-3-5-13(11-14)18(19,20)21/h3,5-6,11,15H,2,4,7-10,12H2,1H3,(H,22,27). The molecule has 0 radical (unpaired) electrons. The maximum absolute atomic E-state index is 12.9. The third kappa shape index (κ3) is 4.35. The number of hydrogen-bond acceptors (Lipinski definition) is 4. The fourth-order valence-electron chi connectivity index (χ4n) is 3.42. The van der Waals surface area contributed by atoms with Gasteiger partial charge in [-0.3, -0.25) is 9.69 Å². The summed E-state index contributed by atoms with van der Waals surface area (Å²) in [5.74, 6) is -0.206. The number of carbonyl (C=O) groups excluding carboxylic acids is 2. The van der Waals surface area contributed by atoms with Crippen molar-refractivity contribution in [2.45, 2.75) is 32.0 Å². The van der Waals surface area contributed by atoms with Gasteiger partial charge in [0.05, 0.1) is 12.2 Å². The van der Waals surface area contributed by atoms with Crippen LogP contribution in [0.2, 0.25) is 0 Å². The van der Waals surface area contributed by atoms with Crippen molar-refractivity contribution in [3.63, 3.8) is 0 Å². The predicted octanol–water partition coefficient (Wildman–Crippen LogP) is 2.51. The van der Waals surface area contributed by atoms with Crippen LogP contribution in [0.1, 0.15) is 25.3 Å². The third-order valence-electron chi connectivity index (χ3n) is 4.94. The Morgan fingerprint density at radius 3 is 2.48 bits per heavy atom. The molecule has 0 aliphatic carbocycles. The largest absolute Gasteiger partial charge is 0.416 e.